The second kappa shape index (κ2) is 5.72. The molecule has 0 unspecified atom stereocenters. The first-order valence-electron chi connectivity index (χ1n) is 7.77. The number of hydrogen-bond donors (Lipinski definition) is 0. The Morgan fingerprint density at radius 1 is 1.36 bits per heavy atom. The Balaban J connectivity index is 1.54. The van der Waals surface area contributed by atoms with E-state index in [1.807, 2.05) is 18.3 Å². The third-order valence-electron chi connectivity index (χ3n) is 4.51. The molecule has 1 fully saturated rings. The lowest BCUT2D eigenvalue weighted by molar-refractivity contribution is 0.107. The van der Waals surface area contributed by atoms with Gasteiger partial charge in [0.2, 0.25) is 5.89 Å². The Labute approximate surface area is 133 Å². The van der Waals surface area contributed by atoms with Crippen molar-refractivity contribution in [3.63, 3.8) is 0 Å². The molecule has 1 aliphatic carbocycles. The van der Waals surface area contributed by atoms with Crippen molar-refractivity contribution in [1.82, 2.24) is 20.0 Å². The van der Waals surface area contributed by atoms with Crippen molar-refractivity contribution in [2.45, 2.75) is 51.3 Å². The molecule has 0 saturated carbocycles. The van der Waals surface area contributed by atoms with E-state index in [-0.39, 0.29) is 12.1 Å². The van der Waals surface area contributed by atoms with E-state index in [2.05, 4.69) is 15.0 Å². The zero-order valence-corrected chi connectivity index (χ0v) is 13.7. The van der Waals surface area contributed by atoms with Gasteiger partial charge >= 0.3 is 0 Å². The molecule has 0 aromatic carbocycles. The summed E-state index contributed by atoms with van der Waals surface area (Å²) in [7, 11) is 1.77. The van der Waals surface area contributed by atoms with E-state index < -0.39 is 0 Å². The SMILES string of the molecule is CO[C@H]1C[C@H](c2nc(C)no2)N(Cc2nc3c(s2)CCC3)C1. The van der Waals surface area contributed by atoms with Crippen LogP contribution < -0.4 is 0 Å². The molecule has 118 valence electrons. The fourth-order valence-electron chi connectivity index (χ4n) is 3.40. The molecular weight excluding hydrogens is 300 g/mol. The highest BCUT2D eigenvalue weighted by Gasteiger charge is 2.37. The summed E-state index contributed by atoms with van der Waals surface area (Å²) in [6.45, 7) is 3.57. The van der Waals surface area contributed by atoms with Crippen LogP contribution in [0.2, 0.25) is 0 Å². The van der Waals surface area contributed by atoms with Crippen molar-refractivity contribution in [2.24, 2.45) is 0 Å². The molecule has 1 aliphatic heterocycles. The highest BCUT2D eigenvalue weighted by atomic mass is 32.1. The van der Waals surface area contributed by atoms with Crippen LogP contribution in [-0.2, 0) is 24.1 Å². The number of nitrogens with zero attached hydrogens (tertiary/aromatic N) is 4. The van der Waals surface area contributed by atoms with Crippen LogP contribution in [0.4, 0.5) is 0 Å². The van der Waals surface area contributed by atoms with Crippen molar-refractivity contribution in [3.05, 3.63) is 27.3 Å². The molecule has 6 nitrogen and oxygen atoms in total. The standard InChI is InChI=1S/C15H20N4O2S/c1-9-16-15(21-18-9)12-6-10(20-2)7-19(12)8-14-17-11-4-3-5-13(11)22-14/h10,12H,3-8H2,1-2H3/t10-,12+/m0/s1. The van der Waals surface area contributed by atoms with Gasteiger partial charge in [0.25, 0.3) is 0 Å². The van der Waals surface area contributed by atoms with Crippen molar-refractivity contribution in [1.29, 1.82) is 0 Å². The fraction of sp³-hybridized carbons (Fsp3) is 0.667. The largest absolute Gasteiger partial charge is 0.380 e. The van der Waals surface area contributed by atoms with E-state index in [1.165, 1.54) is 28.4 Å². The Kier molecular flexibility index (Phi) is 3.71. The Morgan fingerprint density at radius 3 is 3.00 bits per heavy atom. The maximum Gasteiger partial charge on any atom is 0.244 e. The van der Waals surface area contributed by atoms with Crippen LogP contribution in [0.3, 0.4) is 0 Å². The maximum atomic E-state index is 5.55. The average molecular weight is 320 g/mol. The lowest BCUT2D eigenvalue weighted by atomic mass is 10.2. The number of rotatable bonds is 4. The minimum absolute atomic E-state index is 0.130. The first-order valence-corrected chi connectivity index (χ1v) is 8.59. The summed E-state index contributed by atoms with van der Waals surface area (Å²) < 4.78 is 10.9. The quantitative estimate of drug-likeness (QED) is 0.861. The molecule has 22 heavy (non-hydrogen) atoms. The summed E-state index contributed by atoms with van der Waals surface area (Å²) in [5.74, 6) is 1.38. The van der Waals surface area contributed by atoms with Crippen LogP contribution in [0, 0.1) is 6.92 Å². The molecule has 3 heterocycles. The predicted molar refractivity (Wildman–Crippen MR) is 81.7 cm³/mol. The normalized spacial score (nSPS) is 25.0. The minimum atomic E-state index is 0.130. The van der Waals surface area contributed by atoms with Gasteiger partial charge < -0.3 is 9.26 Å². The molecule has 0 bridgehead atoms. The van der Waals surface area contributed by atoms with Crippen molar-refractivity contribution in [2.75, 3.05) is 13.7 Å². The number of aryl methyl sites for hydroxylation is 3. The summed E-state index contributed by atoms with van der Waals surface area (Å²) in [4.78, 5) is 13.1. The van der Waals surface area contributed by atoms with E-state index in [9.17, 15) is 0 Å². The molecule has 2 aliphatic rings. The molecule has 7 heteroatoms. The summed E-state index contributed by atoms with van der Waals surface area (Å²) in [6, 6.07) is 0.130. The van der Waals surface area contributed by atoms with Crippen LogP contribution in [0.15, 0.2) is 4.52 Å². The third kappa shape index (κ3) is 2.57. The molecule has 2 aromatic heterocycles. The van der Waals surface area contributed by atoms with Gasteiger partial charge in [-0.05, 0) is 32.6 Å². The Morgan fingerprint density at radius 2 is 2.27 bits per heavy atom. The number of aromatic nitrogens is 3. The van der Waals surface area contributed by atoms with E-state index in [4.69, 9.17) is 14.2 Å². The average Bonchev–Trinajstić information content (AvgIpc) is 3.22. The monoisotopic (exact) mass is 320 g/mol. The lowest BCUT2D eigenvalue weighted by Gasteiger charge is -2.19. The van der Waals surface area contributed by atoms with Crippen LogP contribution in [0.1, 0.15) is 46.2 Å². The number of hydrogen-bond acceptors (Lipinski definition) is 7. The molecule has 0 radical (unpaired) electrons. The summed E-state index contributed by atoms with van der Waals surface area (Å²) >= 11 is 1.86. The number of thiazole rings is 1. The van der Waals surface area contributed by atoms with E-state index in [0.29, 0.717) is 11.7 Å². The number of likely N-dealkylation sites (tertiary alicyclic amines) is 1. The van der Waals surface area contributed by atoms with Crippen molar-refractivity contribution in [3.8, 4) is 0 Å². The Bertz CT molecular complexity index is 647. The van der Waals surface area contributed by atoms with Crippen LogP contribution in [0.25, 0.3) is 0 Å². The number of fused-ring (bicyclic) bond motifs is 1. The highest BCUT2D eigenvalue weighted by Crippen LogP contribution is 2.35. The molecule has 0 amide bonds. The summed E-state index contributed by atoms with van der Waals surface area (Å²) in [5.41, 5.74) is 1.31. The van der Waals surface area contributed by atoms with E-state index in [1.54, 1.807) is 7.11 Å². The lowest BCUT2D eigenvalue weighted by Crippen LogP contribution is -2.25. The van der Waals surface area contributed by atoms with E-state index in [0.717, 1.165) is 25.9 Å². The number of ether oxygens (including phenoxy) is 1. The van der Waals surface area contributed by atoms with Crippen LogP contribution in [-0.4, -0.2) is 39.8 Å². The fourth-order valence-corrected chi connectivity index (χ4v) is 4.58. The summed E-state index contributed by atoms with van der Waals surface area (Å²) in [6.07, 6.45) is 4.69. The van der Waals surface area contributed by atoms with Gasteiger partial charge in [0.05, 0.1) is 24.4 Å². The van der Waals surface area contributed by atoms with Crippen molar-refractivity contribution >= 4 is 11.3 Å². The van der Waals surface area contributed by atoms with Gasteiger partial charge in [-0.1, -0.05) is 5.16 Å². The van der Waals surface area contributed by atoms with Crippen molar-refractivity contribution < 1.29 is 9.26 Å². The van der Waals surface area contributed by atoms with E-state index >= 15 is 0 Å². The molecule has 1 saturated heterocycles. The zero-order chi connectivity index (χ0) is 15.1. The maximum absolute atomic E-state index is 5.55. The molecule has 0 spiro atoms. The molecular formula is C15H20N4O2S. The Hall–Kier alpha value is -1.31. The third-order valence-corrected chi connectivity index (χ3v) is 5.65. The first kappa shape index (κ1) is 14.3. The van der Waals surface area contributed by atoms with Crippen LogP contribution >= 0.6 is 11.3 Å². The highest BCUT2D eigenvalue weighted by molar-refractivity contribution is 7.11. The smallest absolute Gasteiger partial charge is 0.244 e. The second-order valence-corrected chi connectivity index (χ2v) is 7.22. The van der Waals surface area contributed by atoms with Gasteiger partial charge in [0.1, 0.15) is 5.01 Å². The number of methoxy groups -OCH3 is 1. The molecule has 2 atom stereocenters. The topological polar surface area (TPSA) is 64.3 Å². The predicted octanol–water partition coefficient (Wildman–Crippen LogP) is 2.29. The minimum Gasteiger partial charge on any atom is -0.380 e. The zero-order valence-electron chi connectivity index (χ0n) is 12.9. The van der Waals surface area contributed by atoms with Gasteiger partial charge in [-0.15, -0.1) is 11.3 Å². The summed E-state index contributed by atoms with van der Waals surface area (Å²) in [5, 5.41) is 5.12. The first-order chi connectivity index (χ1) is 10.7. The van der Waals surface area contributed by atoms with Gasteiger partial charge in [-0.3, -0.25) is 4.90 Å². The molecule has 4 rings (SSSR count). The van der Waals surface area contributed by atoms with Crippen LogP contribution in [0.5, 0.6) is 0 Å². The van der Waals surface area contributed by atoms with Gasteiger partial charge in [-0.2, -0.15) is 4.98 Å². The molecule has 2 aromatic rings. The van der Waals surface area contributed by atoms with Gasteiger partial charge in [0.15, 0.2) is 5.82 Å². The second-order valence-electron chi connectivity index (χ2n) is 6.05. The van der Waals surface area contributed by atoms with Gasteiger partial charge in [-0.25, -0.2) is 4.98 Å². The van der Waals surface area contributed by atoms with Gasteiger partial charge in [0, 0.05) is 18.5 Å². The molecule has 0 N–H and O–H groups in total.